The first-order chi connectivity index (χ1) is 14.0. The van der Waals surface area contributed by atoms with Crippen LogP contribution in [-0.4, -0.2) is 60.1 Å². The molecule has 0 aliphatic carbocycles. The molecule has 1 aromatic heterocycles. The number of aryl methyl sites for hydroxylation is 1. The maximum Gasteiger partial charge on any atom is 0.265 e. The third-order valence-corrected chi connectivity index (χ3v) is 5.65. The zero-order valence-corrected chi connectivity index (χ0v) is 17.2. The summed E-state index contributed by atoms with van der Waals surface area (Å²) in [6, 6.07) is 7.91. The first-order valence-electron chi connectivity index (χ1n) is 9.14. The number of fused-ring (bicyclic) bond motifs is 1. The fourth-order valence-corrected chi connectivity index (χ4v) is 4.03. The Morgan fingerprint density at radius 1 is 1.34 bits per heavy atom. The van der Waals surface area contributed by atoms with E-state index in [0.29, 0.717) is 30.4 Å². The lowest BCUT2D eigenvalue weighted by molar-refractivity contribution is -0.122. The molecule has 2 aliphatic heterocycles. The van der Waals surface area contributed by atoms with Crippen molar-refractivity contribution in [3.63, 3.8) is 0 Å². The molecule has 1 aromatic carbocycles. The quantitative estimate of drug-likeness (QED) is 0.566. The fourth-order valence-electron chi connectivity index (χ4n) is 3.43. The van der Waals surface area contributed by atoms with E-state index in [4.69, 9.17) is 14.5 Å². The monoisotopic (exact) mass is 416 g/mol. The lowest BCUT2D eigenvalue weighted by atomic mass is 10.1. The average molecular weight is 416 g/mol. The third-order valence-electron chi connectivity index (χ3n) is 4.94. The Morgan fingerprint density at radius 3 is 2.83 bits per heavy atom. The highest BCUT2D eigenvalue weighted by molar-refractivity contribution is 8.13. The second-order valence-corrected chi connectivity index (χ2v) is 7.55. The van der Waals surface area contributed by atoms with Crippen molar-refractivity contribution in [2.45, 2.75) is 13.0 Å². The molecule has 0 N–H and O–H groups in total. The van der Waals surface area contributed by atoms with Gasteiger partial charge in [0.2, 0.25) is 5.88 Å². The molecule has 1 amide bonds. The van der Waals surface area contributed by atoms with Gasteiger partial charge < -0.3 is 14.4 Å². The lowest BCUT2D eigenvalue weighted by Crippen LogP contribution is -2.63. The van der Waals surface area contributed by atoms with E-state index in [2.05, 4.69) is 9.88 Å². The van der Waals surface area contributed by atoms with Gasteiger partial charge in [-0.15, -0.1) is 0 Å². The van der Waals surface area contributed by atoms with Crippen LogP contribution in [0, 0.1) is 12.7 Å². The zero-order valence-electron chi connectivity index (χ0n) is 16.4. The second-order valence-electron chi connectivity index (χ2n) is 6.78. The summed E-state index contributed by atoms with van der Waals surface area (Å²) in [7, 11) is 1.58. The molecule has 2 aromatic rings. The minimum Gasteiger partial charge on any atom is -0.481 e. The van der Waals surface area contributed by atoms with Crippen LogP contribution in [0.3, 0.4) is 0 Å². The van der Waals surface area contributed by atoms with Crippen LogP contribution in [-0.2, 0) is 4.79 Å². The van der Waals surface area contributed by atoms with Crippen molar-refractivity contribution in [3.05, 3.63) is 41.8 Å². The van der Waals surface area contributed by atoms with Crippen molar-refractivity contribution in [1.82, 2.24) is 9.88 Å². The van der Waals surface area contributed by atoms with Gasteiger partial charge in [0, 0.05) is 25.2 Å². The number of nitrogens with zero attached hydrogens (tertiary/aromatic N) is 4. The number of aliphatic imine (C=N–C) groups is 1. The Balaban J connectivity index is 1.51. The van der Waals surface area contributed by atoms with E-state index in [1.54, 1.807) is 35.9 Å². The smallest absolute Gasteiger partial charge is 0.265 e. The van der Waals surface area contributed by atoms with Gasteiger partial charge in [-0.2, -0.15) is 0 Å². The van der Waals surface area contributed by atoms with Crippen molar-refractivity contribution < 1.29 is 18.7 Å². The number of amides is 1. The number of aromatic nitrogens is 1. The van der Waals surface area contributed by atoms with Gasteiger partial charge in [0.1, 0.15) is 11.6 Å². The Morgan fingerprint density at radius 2 is 2.14 bits per heavy atom. The van der Waals surface area contributed by atoms with Crippen LogP contribution < -0.4 is 14.4 Å². The minimum absolute atomic E-state index is 0.0111. The topological polar surface area (TPSA) is 67.3 Å². The van der Waals surface area contributed by atoms with Crippen LogP contribution in [0.15, 0.2) is 35.3 Å². The molecule has 0 radical (unpaired) electrons. The van der Waals surface area contributed by atoms with Crippen molar-refractivity contribution in [1.29, 1.82) is 0 Å². The van der Waals surface area contributed by atoms with Gasteiger partial charge in [-0.3, -0.25) is 9.69 Å². The van der Waals surface area contributed by atoms with Gasteiger partial charge in [0.25, 0.3) is 5.91 Å². The van der Waals surface area contributed by atoms with Gasteiger partial charge in [-0.25, -0.2) is 14.4 Å². The van der Waals surface area contributed by atoms with Gasteiger partial charge in [0.15, 0.2) is 11.8 Å². The summed E-state index contributed by atoms with van der Waals surface area (Å²) in [4.78, 5) is 25.4. The van der Waals surface area contributed by atoms with Crippen LogP contribution >= 0.6 is 11.8 Å². The molecule has 29 heavy (non-hydrogen) atoms. The number of likely N-dealkylation sites (tertiary alicyclic amines) is 1. The maximum absolute atomic E-state index is 13.5. The van der Waals surface area contributed by atoms with E-state index >= 15 is 0 Å². The number of thioether (sulfide) groups is 1. The summed E-state index contributed by atoms with van der Waals surface area (Å²) in [6.45, 7) is 3.10. The van der Waals surface area contributed by atoms with E-state index in [1.165, 1.54) is 12.1 Å². The van der Waals surface area contributed by atoms with E-state index in [-0.39, 0.29) is 24.4 Å². The van der Waals surface area contributed by atoms with E-state index in [9.17, 15) is 9.18 Å². The van der Waals surface area contributed by atoms with Crippen molar-refractivity contribution in [2.24, 2.45) is 4.99 Å². The van der Waals surface area contributed by atoms with Crippen LogP contribution in [0.1, 0.15) is 5.69 Å². The largest absolute Gasteiger partial charge is 0.481 e. The second kappa shape index (κ2) is 7.90. The summed E-state index contributed by atoms with van der Waals surface area (Å²) >= 11 is 1.54. The number of rotatable bonds is 3. The summed E-state index contributed by atoms with van der Waals surface area (Å²) in [5, 5.41) is 0.858. The predicted octanol–water partition coefficient (Wildman–Crippen LogP) is 3.00. The molecule has 0 bridgehead atoms. The fraction of sp³-hybridized carbons (Fsp3) is 0.350. The molecule has 9 heteroatoms. The zero-order chi connectivity index (χ0) is 20.5. The van der Waals surface area contributed by atoms with Crippen molar-refractivity contribution in [3.8, 4) is 11.6 Å². The number of methoxy groups -OCH3 is 1. The normalized spacial score (nSPS) is 17.0. The number of hydrogen-bond acceptors (Lipinski definition) is 6. The summed E-state index contributed by atoms with van der Waals surface area (Å²) < 4.78 is 24.0. The number of anilines is 1. The maximum atomic E-state index is 13.5. The van der Waals surface area contributed by atoms with Crippen LogP contribution in [0.5, 0.6) is 11.6 Å². The molecule has 0 spiro atoms. The van der Waals surface area contributed by atoms with E-state index in [0.717, 1.165) is 16.5 Å². The summed E-state index contributed by atoms with van der Waals surface area (Å²) in [6.07, 6.45) is 1.97. The Labute approximate surface area is 172 Å². The Kier molecular flexibility index (Phi) is 5.31. The molecule has 0 unspecified atom stereocenters. The highest BCUT2D eigenvalue weighted by Gasteiger charge is 2.40. The molecular formula is C20H21FN4O3S. The SMILES string of the molecule is COc1ccc(N=C(SC)N2CC(N3C(=O)COc4cc(F)ccc43)C2)c(C)n1. The summed E-state index contributed by atoms with van der Waals surface area (Å²) in [5.74, 6) is 0.457. The van der Waals surface area contributed by atoms with Gasteiger partial charge in [-0.05, 0) is 31.4 Å². The van der Waals surface area contributed by atoms with Gasteiger partial charge >= 0.3 is 0 Å². The van der Waals surface area contributed by atoms with Gasteiger partial charge in [0.05, 0.1) is 30.2 Å². The average Bonchev–Trinajstić information content (AvgIpc) is 2.68. The molecule has 2 aliphatic rings. The predicted molar refractivity (Wildman–Crippen MR) is 111 cm³/mol. The molecule has 1 saturated heterocycles. The summed E-state index contributed by atoms with van der Waals surface area (Å²) in [5.41, 5.74) is 2.18. The lowest BCUT2D eigenvalue weighted by Gasteiger charge is -2.47. The number of halogens is 1. The Bertz CT molecular complexity index is 978. The number of carbonyl (C=O) groups is 1. The van der Waals surface area contributed by atoms with Gasteiger partial charge in [-0.1, -0.05) is 11.8 Å². The number of amidine groups is 1. The first-order valence-corrected chi connectivity index (χ1v) is 10.4. The van der Waals surface area contributed by atoms with Crippen LogP contribution in [0.25, 0.3) is 0 Å². The highest BCUT2D eigenvalue weighted by atomic mass is 32.2. The molecule has 0 atom stereocenters. The number of pyridine rings is 1. The highest BCUT2D eigenvalue weighted by Crippen LogP contribution is 2.36. The van der Waals surface area contributed by atoms with Crippen LogP contribution in [0.2, 0.25) is 0 Å². The Hall–Kier alpha value is -2.81. The molecule has 7 nitrogen and oxygen atoms in total. The standard InChI is InChI=1S/C20H21FN4O3S/c1-12-15(5-7-18(22-12)27-2)23-20(29-3)24-9-14(10-24)25-16-6-4-13(21)8-17(16)28-11-19(25)26/h4-8,14H,9-11H2,1-3H3. The van der Waals surface area contributed by atoms with E-state index in [1.807, 2.05) is 19.2 Å². The number of carbonyl (C=O) groups excluding carboxylic acids is 1. The minimum atomic E-state index is -0.381. The molecule has 1 fully saturated rings. The molecule has 3 heterocycles. The first kappa shape index (κ1) is 19.5. The van der Waals surface area contributed by atoms with Crippen molar-refractivity contribution in [2.75, 3.05) is 38.0 Å². The third kappa shape index (κ3) is 3.74. The number of hydrogen-bond donors (Lipinski definition) is 0. The molecular weight excluding hydrogens is 395 g/mol. The molecule has 0 saturated carbocycles. The molecule has 4 rings (SSSR count). The molecule has 152 valence electrons. The van der Waals surface area contributed by atoms with E-state index < -0.39 is 0 Å². The van der Waals surface area contributed by atoms with Crippen molar-refractivity contribution >= 4 is 34.2 Å². The number of ether oxygens (including phenoxy) is 2. The number of benzene rings is 1. The van der Waals surface area contributed by atoms with Crippen LogP contribution in [0.4, 0.5) is 15.8 Å².